The van der Waals surface area contributed by atoms with Crippen LogP contribution in [0, 0.1) is 0 Å². The van der Waals surface area contributed by atoms with Crippen molar-refractivity contribution in [2.24, 2.45) is 0 Å². The number of benzene rings is 3. The quantitative estimate of drug-likeness (QED) is 0.463. The molecule has 5 nitrogen and oxygen atoms in total. The molecule has 1 heterocycles. The molecule has 162 valence electrons. The molecule has 5 heteroatoms. The number of aliphatic carboxylic acids is 1. The summed E-state index contributed by atoms with van der Waals surface area (Å²) < 4.78 is 11.5. The molecular weight excluding hydrogens is 404 g/mol. The molecule has 0 saturated carbocycles. The van der Waals surface area contributed by atoms with Gasteiger partial charge in [0.05, 0.1) is 13.2 Å². The highest BCUT2D eigenvalue weighted by atomic mass is 16.7. The van der Waals surface area contributed by atoms with Crippen LogP contribution in [0.4, 0.5) is 0 Å². The minimum absolute atomic E-state index is 0.00677. The second-order valence-electron chi connectivity index (χ2n) is 8.26. The number of ether oxygens (including phenoxy) is 2. The Morgan fingerprint density at radius 3 is 2.50 bits per heavy atom. The summed E-state index contributed by atoms with van der Waals surface area (Å²) in [6, 6.07) is 22.3. The van der Waals surface area contributed by atoms with E-state index in [1.54, 1.807) is 6.08 Å². The Kier molecular flexibility index (Phi) is 5.52. The van der Waals surface area contributed by atoms with Crippen LogP contribution in [-0.4, -0.2) is 22.5 Å². The maximum atomic E-state index is 11.7. The lowest BCUT2D eigenvalue weighted by Gasteiger charge is -2.28. The molecule has 3 aromatic rings. The van der Waals surface area contributed by atoms with Gasteiger partial charge in [0, 0.05) is 12.3 Å². The predicted molar refractivity (Wildman–Crippen MR) is 120 cm³/mol. The minimum atomic E-state index is -1.09. The molecule has 3 aromatic carbocycles. The number of carboxylic acids is 1. The number of carbonyl (C=O) groups is 1. The second kappa shape index (κ2) is 8.61. The summed E-state index contributed by atoms with van der Waals surface area (Å²) in [5, 5.41) is 18.7. The molecule has 0 radical (unpaired) electrons. The van der Waals surface area contributed by atoms with E-state index in [1.807, 2.05) is 24.3 Å². The molecule has 2 atom stereocenters. The molecule has 0 aromatic heterocycles. The molecule has 0 fully saturated rings. The topological polar surface area (TPSA) is 76.0 Å². The normalized spacial score (nSPS) is 19.0. The molecule has 2 N–H and O–H groups in total. The van der Waals surface area contributed by atoms with Gasteiger partial charge in [0.15, 0.2) is 0 Å². The molecule has 1 aliphatic heterocycles. The van der Waals surface area contributed by atoms with Gasteiger partial charge in [-0.15, -0.1) is 0 Å². The zero-order valence-electron chi connectivity index (χ0n) is 17.5. The van der Waals surface area contributed by atoms with E-state index in [0.717, 1.165) is 23.1 Å². The van der Waals surface area contributed by atoms with Crippen molar-refractivity contribution in [2.75, 3.05) is 0 Å². The first-order valence-corrected chi connectivity index (χ1v) is 10.7. The van der Waals surface area contributed by atoms with E-state index in [2.05, 4.69) is 42.5 Å². The molecule has 1 aliphatic carbocycles. The minimum Gasteiger partial charge on any atom is -0.475 e. The van der Waals surface area contributed by atoms with Gasteiger partial charge in [0.2, 0.25) is 12.0 Å². The smallest absolute Gasteiger partial charge is 0.370 e. The van der Waals surface area contributed by atoms with Crippen LogP contribution in [-0.2, 0) is 33.9 Å². The third-order valence-electron chi connectivity index (χ3n) is 6.16. The van der Waals surface area contributed by atoms with Gasteiger partial charge in [-0.25, -0.2) is 4.79 Å². The van der Waals surface area contributed by atoms with Gasteiger partial charge in [-0.1, -0.05) is 66.7 Å². The van der Waals surface area contributed by atoms with Crippen LogP contribution in [0.2, 0.25) is 0 Å². The average molecular weight is 428 g/mol. The zero-order chi connectivity index (χ0) is 22.1. The molecule has 32 heavy (non-hydrogen) atoms. The van der Waals surface area contributed by atoms with E-state index in [9.17, 15) is 15.0 Å². The number of carboxylic acid groups (broad SMARTS) is 1. The first-order valence-electron chi connectivity index (χ1n) is 10.7. The third-order valence-corrected chi connectivity index (χ3v) is 6.16. The van der Waals surface area contributed by atoms with E-state index >= 15 is 0 Å². The Morgan fingerprint density at radius 1 is 0.969 bits per heavy atom. The fourth-order valence-electron chi connectivity index (χ4n) is 4.47. The van der Waals surface area contributed by atoms with Crippen molar-refractivity contribution in [2.45, 2.75) is 38.3 Å². The van der Waals surface area contributed by atoms with Crippen LogP contribution in [0.3, 0.4) is 0 Å². The van der Waals surface area contributed by atoms with Crippen molar-refractivity contribution >= 4 is 5.97 Å². The molecular formula is C27H24O5. The van der Waals surface area contributed by atoms with Crippen LogP contribution in [0.15, 0.2) is 78.6 Å². The fourth-order valence-corrected chi connectivity index (χ4v) is 4.47. The summed E-state index contributed by atoms with van der Waals surface area (Å²) in [6.45, 7) is 0.294. The van der Waals surface area contributed by atoms with Gasteiger partial charge in [0.1, 0.15) is 0 Å². The standard InChI is InChI=1S/C27H24O5/c28-15-17-5-7-18(8-6-17)16-31-26-14-21(13-25(32-26)27(29)30)19-9-10-24-22(11-19)12-20-3-1-2-4-23(20)24/h1-11,13,21,26,28H,12,14-16H2,(H,29,30). The number of fused-ring (bicyclic) bond motifs is 3. The maximum Gasteiger partial charge on any atom is 0.370 e. The largest absolute Gasteiger partial charge is 0.475 e. The fraction of sp³-hybridized carbons (Fsp3) is 0.222. The van der Waals surface area contributed by atoms with Crippen LogP contribution in [0.5, 0.6) is 0 Å². The van der Waals surface area contributed by atoms with Gasteiger partial charge < -0.3 is 19.7 Å². The molecule has 0 bridgehead atoms. The molecule has 0 amide bonds. The molecule has 0 saturated heterocycles. The lowest BCUT2D eigenvalue weighted by molar-refractivity contribution is -0.159. The number of allylic oxidation sites excluding steroid dienone is 1. The molecule has 2 unspecified atom stereocenters. The highest BCUT2D eigenvalue weighted by molar-refractivity contribution is 5.84. The van der Waals surface area contributed by atoms with E-state index in [4.69, 9.17) is 9.47 Å². The number of aliphatic hydroxyl groups is 1. The molecule has 0 spiro atoms. The van der Waals surface area contributed by atoms with Gasteiger partial charge in [-0.3, -0.25) is 0 Å². The predicted octanol–water partition coefficient (Wildman–Crippen LogP) is 4.77. The first-order chi connectivity index (χ1) is 15.6. The summed E-state index contributed by atoms with van der Waals surface area (Å²) in [5.41, 5.74) is 7.94. The summed E-state index contributed by atoms with van der Waals surface area (Å²) in [4.78, 5) is 11.7. The van der Waals surface area contributed by atoms with Gasteiger partial charge in [0.25, 0.3) is 0 Å². The Hall–Kier alpha value is -3.41. The number of hydrogen-bond acceptors (Lipinski definition) is 4. The van der Waals surface area contributed by atoms with Crippen LogP contribution in [0.25, 0.3) is 11.1 Å². The number of hydrogen-bond donors (Lipinski definition) is 2. The van der Waals surface area contributed by atoms with E-state index < -0.39 is 12.3 Å². The van der Waals surface area contributed by atoms with Crippen molar-refractivity contribution in [3.8, 4) is 11.1 Å². The third kappa shape index (κ3) is 4.05. The monoisotopic (exact) mass is 428 g/mol. The van der Waals surface area contributed by atoms with Crippen LogP contribution in [0.1, 0.15) is 40.2 Å². The Labute approximate surface area is 186 Å². The zero-order valence-corrected chi connectivity index (χ0v) is 17.5. The first kappa shape index (κ1) is 20.5. The van der Waals surface area contributed by atoms with E-state index in [1.165, 1.54) is 22.3 Å². The lowest BCUT2D eigenvalue weighted by atomic mass is 9.90. The molecule has 5 rings (SSSR count). The summed E-state index contributed by atoms with van der Waals surface area (Å²) in [5.74, 6) is -1.28. The summed E-state index contributed by atoms with van der Waals surface area (Å²) >= 11 is 0. The van der Waals surface area contributed by atoms with E-state index in [-0.39, 0.29) is 18.3 Å². The van der Waals surface area contributed by atoms with Crippen LogP contribution >= 0.6 is 0 Å². The Bertz CT molecular complexity index is 1180. The highest BCUT2D eigenvalue weighted by Gasteiger charge is 2.29. The SMILES string of the molecule is O=C(O)C1=CC(c2ccc3c(c2)Cc2ccccc2-3)CC(OCc2ccc(CO)cc2)O1. The molecule has 2 aliphatic rings. The summed E-state index contributed by atoms with van der Waals surface area (Å²) in [6.07, 6.45) is 2.46. The van der Waals surface area contributed by atoms with Gasteiger partial charge >= 0.3 is 5.97 Å². The van der Waals surface area contributed by atoms with Crippen molar-refractivity contribution in [3.63, 3.8) is 0 Å². The van der Waals surface area contributed by atoms with Crippen LogP contribution < -0.4 is 0 Å². The average Bonchev–Trinajstić information content (AvgIpc) is 3.20. The van der Waals surface area contributed by atoms with Crippen molar-refractivity contribution < 1.29 is 24.5 Å². The summed E-state index contributed by atoms with van der Waals surface area (Å²) in [7, 11) is 0. The van der Waals surface area contributed by atoms with E-state index in [0.29, 0.717) is 13.0 Å². The lowest BCUT2D eigenvalue weighted by Crippen LogP contribution is -2.26. The highest BCUT2D eigenvalue weighted by Crippen LogP contribution is 2.39. The Morgan fingerprint density at radius 2 is 1.72 bits per heavy atom. The Balaban J connectivity index is 1.34. The second-order valence-corrected chi connectivity index (χ2v) is 8.26. The van der Waals surface area contributed by atoms with Gasteiger partial charge in [-0.2, -0.15) is 0 Å². The van der Waals surface area contributed by atoms with Crippen molar-refractivity contribution in [1.29, 1.82) is 0 Å². The van der Waals surface area contributed by atoms with Crippen molar-refractivity contribution in [1.82, 2.24) is 0 Å². The van der Waals surface area contributed by atoms with Crippen molar-refractivity contribution in [3.05, 3.63) is 106 Å². The maximum absolute atomic E-state index is 11.7. The number of aliphatic hydroxyl groups excluding tert-OH is 1. The number of rotatable bonds is 6. The van der Waals surface area contributed by atoms with Gasteiger partial charge in [-0.05, 0) is 51.4 Å².